The van der Waals surface area contributed by atoms with Crippen LogP contribution in [0.1, 0.15) is 12.0 Å². The Hall–Kier alpha value is -1.10. The molecule has 2 aromatic rings. The molecule has 22 heavy (non-hydrogen) atoms. The predicted molar refractivity (Wildman–Crippen MR) is 99.1 cm³/mol. The van der Waals surface area contributed by atoms with Crippen molar-refractivity contribution in [3.8, 4) is 0 Å². The fraction of sp³-hybridized carbons (Fsp3) is 0.235. The molecule has 0 radical (unpaired) electrons. The summed E-state index contributed by atoms with van der Waals surface area (Å²) in [5, 5.41) is 3.73. The lowest BCUT2D eigenvalue weighted by atomic mass is 10.2. The van der Waals surface area contributed by atoms with Gasteiger partial charge in [0, 0.05) is 27.8 Å². The van der Waals surface area contributed by atoms with Gasteiger partial charge in [0.05, 0.1) is 5.69 Å². The Kier molecular flexibility index (Phi) is 7.16. The lowest BCUT2D eigenvalue weighted by Crippen LogP contribution is -2.12. The molecule has 0 aliphatic rings. The molecule has 0 bridgehead atoms. The van der Waals surface area contributed by atoms with Crippen LogP contribution in [0.2, 0.25) is 5.02 Å². The van der Waals surface area contributed by atoms with Gasteiger partial charge in [0.2, 0.25) is 5.91 Å². The molecule has 0 atom stereocenters. The number of thioether (sulfide) groups is 2. The number of hydrogen-bond acceptors (Lipinski definition) is 3. The molecule has 2 nitrogen and oxygen atoms in total. The van der Waals surface area contributed by atoms with Crippen LogP contribution in [0, 0.1) is 0 Å². The second-order valence-electron chi connectivity index (χ2n) is 4.68. The van der Waals surface area contributed by atoms with E-state index in [1.165, 1.54) is 5.56 Å². The minimum absolute atomic E-state index is 0.0556. The third-order valence-corrected chi connectivity index (χ3v) is 5.07. The number of hydrogen-bond donors (Lipinski definition) is 1. The van der Waals surface area contributed by atoms with E-state index in [1.807, 2.05) is 54.8 Å². The van der Waals surface area contributed by atoms with Crippen LogP contribution in [0.3, 0.4) is 0 Å². The lowest BCUT2D eigenvalue weighted by molar-refractivity contribution is -0.115. The Balaban J connectivity index is 1.74. The number of nitrogens with one attached hydrogen (secondary N) is 1. The number of halogens is 1. The van der Waals surface area contributed by atoms with Crippen LogP contribution in [0.25, 0.3) is 0 Å². The van der Waals surface area contributed by atoms with Gasteiger partial charge in [-0.3, -0.25) is 4.79 Å². The molecule has 0 heterocycles. The van der Waals surface area contributed by atoms with Crippen molar-refractivity contribution in [2.75, 3.05) is 17.3 Å². The Morgan fingerprint density at radius 2 is 2.00 bits per heavy atom. The Morgan fingerprint density at radius 1 is 1.18 bits per heavy atom. The standard InChI is InChI=1S/C17H18ClNOS2/c1-21-16-8-3-2-7-15(16)19-17(20)9-10-22-12-13-5-4-6-14(18)11-13/h2-8,11H,9-10,12H2,1H3,(H,19,20). The molecule has 0 fully saturated rings. The zero-order valence-corrected chi connectivity index (χ0v) is 14.7. The maximum atomic E-state index is 12.0. The van der Waals surface area contributed by atoms with Crippen molar-refractivity contribution in [1.82, 2.24) is 0 Å². The first-order valence-corrected chi connectivity index (χ1v) is 9.70. The Morgan fingerprint density at radius 3 is 2.77 bits per heavy atom. The van der Waals surface area contributed by atoms with Crippen LogP contribution in [-0.4, -0.2) is 17.9 Å². The van der Waals surface area contributed by atoms with Crippen molar-refractivity contribution in [2.24, 2.45) is 0 Å². The van der Waals surface area contributed by atoms with Crippen LogP contribution < -0.4 is 5.32 Å². The molecule has 0 unspecified atom stereocenters. The van der Waals surface area contributed by atoms with Crippen molar-refractivity contribution in [1.29, 1.82) is 0 Å². The Bertz CT molecular complexity index is 634. The molecule has 2 rings (SSSR count). The third-order valence-electron chi connectivity index (χ3n) is 3.01. The molecule has 116 valence electrons. The quantitative estimate of drug-likeness (QED) is 0.540. The molecule has 2 aromatic carbocycles. The van der Waals surface area contributed by atoms with E-state index in [2.05, 4.69) is 5.32 Å². The average molecular weight is 352 g/mol. The summed E-state index contributed by atoms with van der Waals surface area (Å²) in [5.41, 5.74) is 2.07. The van der Waals surface area contributed by atoms with Gasteiger partial charge < -0.3 is 5.32 Å². The molecule has 0 aromatic heterocycles. The van der Waals surface area contributed by atoms with E-state index in [4.69, 9.17) is 11.6 Å². The van der Waals surface area contributed by atoms with Gasteiger partial charge in [-0.05, 0) is 36.1 Å². The highest BCUT2D eigenvalue weighted by Gasteiger charge is 2.06. The molecular weight excluding hydrogens is 334 g/mol. The molecule has 1 N–H and O–H groups in total. The average Bonchev–Trinajstić information content (AvgIpc) is 2.52. The highest BCUT2D eigenvalue weighted by atomic mass is 35.5. The van der Waals surface area contributed by atoms with E-state index in [0.717, 1.165) is 27.1 Å². The van der Waals surface area contributed by atoms with E-state index < -0.39 is 0 Å². The van der Waals surface area contributed by atoms with E-state index in [9.17, 15) is 4.79 Å². The fourth-order valence-electron chi connectivity index (χ4n) is 1.94. The Labute approximate surface area is 145 Å². The zero-order valence-electron chi connectivity index (χ0n) is 12.3. The van der Waals surface area contributed by atoms with Gasteiger partial charge in [0.25, 0.3) is 0 Å². The number of carbonyl (C=O) groups is 1. The second kappa shape index (κ2) is 9.13. The topological polar surface area (TPSA) is 29.1 Å². The maximum absolute atomic E-state index is 12.0. The van der Waals surface area contributed by atoms with Gasteiger partial charge in [-0.1, -0.05) is 35.9 Å². The van der Waals surface area contributed by atoms with E-state index in [0.29, 0.717) is 6.42 Å². The number of para-hydroxylation sites is 1. The summed E-state index contributed by atoms with van der Waals surface area (Å²) in [6.45, 7) is 0. The van der Waals surface area contributed by atoms with Crippen LogP contribution in [0.5, 0.6) is 0 Å². The van der Waals surface area contributed by atoms with Gasteiger partial charge in [-0.25, -0.2) is 0 Å². The van der Waals surface area contributed by atoms with Crippen molar-refractivity contribution < 1.29 is 4.79 Å². The summed E-state index contributed by atoms with van der Waals surface area (Å²) in [6, 6.07) is 15.7. The molecule has 0 saturated heterocycles. The summed E-state index contributed by atoms with van der Waals surface area (Å²) < 4.78 is 0. The zero-order chi connectivity index (χ0) is 15.8. The first kappa shape index (κ1) is 17.3. The number of benzene rings is 2. The number of rotatable bonds is 7. The summed E-state index contributed by atoms with van der Waals surface area (Å²) in [7, 11) is 0. The monoisotopic (exact) mass is 351 g/mol. The summed E-state index contributed by atoms with van der Waals surface area (Å²) in [4.78, 5) is 13.1. The van der Waals surface area contributed by atoms with Crippen molar-refractivity contribution >= 4 is 46.7 Å². The van der Waals surface area contributed by atoms with Gasteiger partial charge in [0.1, 0.15) is 0 Å². The molecule has 0 aliphatic heterocycles. The predicted octanol–water partition coefficient (Wildman–Crippen LogP) is 5.32. The summed E-state index contributed by atoms with van der Waals surface area (Å²) in [5.74, 6) is 1.72. The highest BCUT2D eigenvalue weighted by molar-refractivity contribution is 7.98. The molecule has 0 saturated carbocycles. The molecule has 0 spiro atoms. The second-order valence-corrected chi connectivity index (χ2v) is 7.07. The fourth-order valence-corrected chi connectivity index (χ4v) is 3.60. The van der Waals surface area contributed by atoms with Crippen LogP contribution in [0.15, 0.2) is 53.4 Å². The lowest BCUT2D eigenvalue weighted by Gasteiger charge is -2.09. The van der Waals surface area contributed by atoms with E-state index in [-0.39, 0.29) is 5.91 Å². The molecule has 0 aliphatic carbocycles. The van der Waals surface area contributed by atoms with Gasteiger partial charge in [-0.15, -0.1) is 11.8 Å². The van der Waals surface area contributed by atoms with Gasteiger partial charge in [-0.2, -0.15) is 11.8 Å². The number of amides is 1. The first-order valence-electron chi connectivity index (χ1n) is 6.94. The minimum Gasteiger partial charge on any atom is -0.325 e. The highest BCUT2D eigenvalue weighted by Crippen LogP contribution is 2.25. The summed E-state index contributed by atoms with van der Waals surface area (Å²) in [6.07, 6.45) is 2.51. The third kappa shape index (κ3) is 5.59. The number of anilines is 1. The maximum Gasteiger partial charge on any atom is 0.225 e. The minimum atomic E-state index is 0.0556. The van der Waals surface area contributed by atoms with Crippen molar-refractivity contribution in [3.63, 3.8) is 0 Å². The largest absolute Gasteiger partial charge is 0.325 e. The number of carbonyl (C=O) groups excluding carboxylic acids is 1. The molecule has 5 heteroatoms. The smallest absolute Gasteiger partial charge is 0.225 e. The van der Waals surface area contributed by atoms with E-state index >= 15 is 0 Å². The first-order chi connectivity index (χ1) is 10.7. The SMILES string of the molecule is CSc1ccccc1NC(=O)CCSCc1cccc(Cl)c1. The molecular formula is C17H18ClNOS2. The van der Waals surface area contributed by atoms with E-state index in [1.54, 1.807) is 23.5 Å². The van der Waals surface area contributed by atoms with Crippen LogP contribution >= 0.6 is 35.1 Å². The van der Waals surface area contributed by atoms with Gasteiger partial charge >= 0.3 is 0 Å². The van der Waals surface area contributed by atoms with Crippen molar-refractivity contribution in [2.45, 2.75) is 17.1 Å². The van der Waals surface area contributed by atoms with Crippen LogP contribution in [0.4, 0.5) is 5.69 Å². The normalized spacial score (nSPS) is 10.5. The molecule has 1 amide bonds. The summed E-state index contributed by atoms with van der Waals surface area (Å²) >= 11 is 9.32. The van der Waals surface area contributed by atoms with Crippen LogP contribution in [-0.2, 0) is 10.5 Å². The van der Waals surface area contributed by atoms with Gasteiger partial charge in [0.15, 0.2) is 0 Å². The van der Waals surface area contributed by atoms with Crippen molar-refractivity contribution in [3.05, 3.63) is 59.1 Å².